The number of ether oxygens (including phenoxy) is 3. The number of methoxy groups -OCH3 is 1. The van der Waals surface area contributed by atoms with Crippen molar-refractivity contribution in [3.8, 4) is 11.5 Å². The number of carbonyl (C=O) groups excluding carboxylic acids is 2. The second kappa shape index (κ2) is 8.02. The number of carbonyl (C=O) groups is 2. The molecule has 1 fully saturated rings. The molecule has 1 aromatic carbocycles. The molecule has 1 aliphatic heterocycles. The van der Waals surface area contributed by atoms with Crippen molar-refractivity contribution in [2.45, 2.75) is 19.4 Å². The number of nitrogens with two attached hydrogens (primary N) is 1. The summed E-state index contributed by atoms with van der Waals surface area (Å²) in [5.74, 6) is 0.248. The third-order valence-electron chi connectivity index (χ3n) is 3.71. The van der Waals surface area contributed by atoms with E-state index in [9.17, 15) is 9.59 Å². The molecule has 0 atom stereocenters. The molecule has 2 N–H and O–H groups in total. The van der Waals surface area contributed by atoms with Gasteiger partial charge < -0.3 is 24.8 Å². The molecule has 1 saturated heterocycles. The molecule has 0 aromatic heterocycles. The summed E-state index contributed by atoms with van der Waals surface area (Å²) in [6.45, 7) is 5.37. The number of primary amides is 1. The standard InChI is InChI=1S/C18H24N2O5/c1-18(2)12-20(8-9-25-18)17(22)7-5-13-4-6-14(15(10-13)23-3)24-11-16(19)21/h4-7,10H,8-9,11-12H2,1-3H3,(H2,19,21). The van der Waals surface area contributed by atoms with E-state index in [0.717, 1.165) is 5.56 Å². The Morgan fingerprint density at radius 3 is 2.76 bits per heavy atom. The van der Waals surface area contributed by atoms with Crippen LogP contribution in [0.25, 0.3) is 6.08 Å². The van der Waals surface area contributed by atoms with Gasteiger partial charge in [0.1, 0.15) is 0 Å². The predicted octanol–water partition coefficient (Wildman–Crippen LogP) is 1.21. The fraction of sp³-hybridized carbons (Fsp3) is 0.444. The van der Waals surface area contributed by atoms with Crippen molar-refractivity contribution in [2.75, 3.05) is 33.4 Å². The van der Waals surface area contributed by atoms with Crippen LogP contribution in [0.4, 0.5) is 0 Å². The average Bonchev–Trinajstić information content (AvgIpc) is 2.57. The molecule has 1 aromatic rings. The van der Waals surface area contributed by atoms with Gasteiger partial charge in [0, 0.05) is 19.2 Å². The zero-order chi connectivity index (χ0) is 18.4. The number of hydrogen-bond donors (Lipinski definition) is 1. The molecule has 1 aliphatic rings. The van der Waals surface area contributed by atoms with Crippen LogP contribution in [0.2, 0.25) is 0 Å². The molecule has 136 valence electrons. The lowest BCUT2D eigenvalue weighted by atomic mass is 10.1. The molecule has 0 radical (unpaired) electrons. The number of benzene rings is 1. The van der Waals surface area contributed by atoms with Crippen molar-refractivity contribution in [1.29, 1.82) is 0 Å². The van der Waals surface area contributed by atoms with Crippen LogP contribution in [0.1, 0.15) is 19.4 Å². The molecular formula is C18H24N2O5. The molecule has 2 rings (SSSR count). The topological polar surface area (TPSA) is 91.1 Å². The summed E-state index contributed by atoms with van der Waals surface area (Å²) in [6, 6.07) is 5.17. The molecule has 0 aliphatic carbocycles. The van der Waals surface area contributed by atoms with E-state index >= 15 is 0 Å². The van der Waals surface area contributed by atoms with Crippen LogP contribution in [0, 0.1) is 0 Å². The Balaban J connectivity index is 2.05. The lowest BCUT2D eigenvalue weighted by Crippen LogP contribution is -2.50. The summed E-state index contributed by atoms with van der Waals surface area (Å²) in [7, 11) is 1.50. The van der Waals surface area contributed by atoms with Gasteiger partial charge in [-0.1, -0.05) is 6.07 Å². The maximum absolute atomic E-state index is 12.3. The van der Waals surface area contributed by atoms with Gasteiger partial charge in [-0.3, -0.25) is 9.59 Å². The van der Waals surface area contributed by atoms with Gasteiger partial charge in [0.2, 0.25) is 5.91 Å². The van der Waals surface area contributed by atoms with Gasteiger partial charge in [0.25, 0.3) is 5.91 Å². The number of amides is 2. The first-order valence-corrected chi connectivity index (χ1v) is 8.01. The number of morpholine rings is 1. The lowest BCUT2D eigenvalue weighted by molar-refractivity contribution is -0.140. The number of hydrogen-bond acceptors (Lipinski definition) is 5. The first-order valence-electron chi connectivity index (χ1n) is 8.01. The average molecular weight is 348 g/mol. The summed E-state index contributed by atoms with van der Waals surface area (Å²) in [4.78, 5) is 24.9. The van der Waals surface area contributed by atoms with Crippen molar-refractivity contribution >= 4 is 17.9 Å². The highest BCUT2D eigenvalue weighted by Gasteiger charge is 2.28. The first kappa shape index (κ1) is 18.8. The van der Waals surface area contributed by atoms with Gasteiger partial charge in [-0.05, 0) is 37.6 Å². The molecule has 0 saturated carbocycles. The third kappa shape index (κ3) is 5.49. The van der Waals surface area contributed by atoms with Crippen LogP contribution in [-0.2, 0) is 14.3 Å². The Morgan fingerprint density at radius 1 is 1.36 bits per heavy atom. The molecular weight excluding hydrogens is 324 g/mol. The van der Waals surface area contributed by atoms with Gasteiger partial charge in [-0.25, -0.2) is 0 Å². The van der Waals surface area contributed by atoms with E-state index < -0.39 is 5.91 Å². The quantitative estimate of drug-likeness (QED) is 0.780. The van der Waals surface area contributed by atoms with Crippen molar-refractivity contribution in [3.05, 3.63) is 29.8 Å². The monoisotopic (exact) mass is 348 g/mol. The second-order valence-corrected chi connectivity index (χ2v) is 6.37. The predicted molar refractivity (Wildman–Crippen MR) is 93.3 cm³/mol. The van der Waals surface area contributed by atoms with Gasteiger partial charge in [-0.2, -0.15) is 0 Å². The lowest BCUT2D eigenvalue weighted by Gasteiger charge is -2.37. The van der Waals surface area contributed by atoms with Crippen LogP contribution in [-0.4, -0.2) is 55.7 Å². The fourth-order valence-corrected chi connectivity index (χ4v) is 2.53. The van der Waals surface area contributed by atoms with E-state index in [-0.39, 0.29) is 18.1 Å². The summed E-state index contributed by atoms with van der Waals surface area (Å²) >= 11 is 0. The van der Waals surface area contributed by atoms with Crippen molar-refractivity contribution in [1.82, 2.24) is 4.90 Å². The van der Waals surface area contributed by atoms with Gasteiger partial charge in [-0.15, -0.1) is 0 Å². The first-order chi connectivity index (χ1) is 11.8. The van der Waals surface area contributed by atoms with Gasteiger partial charge in [0.05, 0.1) is 19.3 Å². The van der Waals surface area contributed by atoms with Crippen LogP contribution >= 0.6 is 0 Å². The summed E-state index contributed by atoms with van der Waals surface area (Å²) in [5, 5.41) is 0. The number of nitrogens with zero attached hydrogens (tertiary/aromatic N) is 1. The van der Waals surface area contributed by atoms with Gasteiger partial charge >= 0.3 is 0 Å². The molecule has 7 nitrogen and oxygen atoms in total. The molecule has 0 unspecified atom stereocenters. The highest BCUT2D eigenvalue weighted by atomic mass is 16.5. The highest BCUT2D eigenvalue weighted by molar-refractivity contribution is 5.92. The van der Waals surface area contributed by atoms with E-state index in [2.05, 4.69) is 0 Å². The Morgan fingerprint density at radius 2 is 2.12 bits per heavy atom. The zero-order valence-corrected chi connectivity index (χ0v) is 14.8. The van der Waals surface area contributed by atoms with Gasteiger partial charge in [0.15, 0.2) is 18.1 Å². The normalized spacial score (nSPS) is 16.7. The largest absolute Gasteiger partial charge is 0.493 e. The van der Waals surface area contributed by atoms with Crippen LogP contribution in [0.15, 0.2) is 24.3 Å². The van der Waals surface area contributed by atoms with Crippen LogP contribution in [0.5, 0.6) is 11.5 Å². The molecule has 0 spiro atoms. The minimum Gasteiger partial charge on any atom is -0.493 e. The third-order valence-corrected chi connectivity index (χ3v) is 3.71. The maximum Gasteiger partial charge on any atom is 0.255 e. The smallest absolute Gasteiger partial charge is 0.255 e. The minimum atomic E-state index is -0.565. The summed E-state index contributed by atoms with van der Waals surface area (Å²) < 4.78 is 16.1. The van der Waals surface area contributed by atoms with E-state index in [1.807, 2.05) is 13.8 Å². The number of rotatable bonds is 6. The van der Waals surface area contributed by atoms with E-state index in [1.54, 1.807) is 29.2 Å². The molecule has 0 bridgehead atoms. The van der Waals surface area contributed by atoms with Crippen molar-refractivity contribution in [2.24, 2.45) is 5.73 Å². The molecule has 7 heteroatoms. The van der Waals surface area contributed by atoms with E-state index in [0.29, 0.717) is 31.2 Å². The Hall–Kier alpha value is -2.54. The Kier molecular flexibility index (Phi) is 6.03. The van der Waals surface area contributed by atoms with E-state index in [4.69, 9.17) is 19.9 Å². The summed E-state index contributed by atoms with van der Waals surface area (Å²) in [5.41, 5.74) is 5.52. The maximum atomic E-state index is 12.3. The molecule has 2 amide bonds. The SMILES string of the molecule is COc1cc(C=CC(=O)N2CCOC(C)(C)C2)ccc1OCC(N)=O. The Bertz CT molecular complexity index is 669. The minimum absolute atomic E-state index is 0.0654. The Labute approximate surface area is 147 Å². The van der Waals surface area contributed by atoms with Crippen LogP contribution in [0.3, 0.4) is 0 Å². The zero-order valence-electron chi connectivity index (χ0n) is 14.8. The highest BCUT2D eigenvalue weighted by Crippen LogP contribution is 2.28. The fourth-order valence-electron chi connectivity index (χ4n) is 2.53. The second-order valence-electron chi connectivity index (χ2n) is 6.37. The van der Waals surface area contributed by atoms with E-state index in [1.165, 1.54) is 13.2 Å². The van der Waals surface area contributed by atoms with Crippen molar-refractivity contribution in [3.63, 3.8) is 0 Å². The van der Waals surface area contributed by atoms with Crippen molar-refractivity contribution < 1.29 is 23.8 Å². The molecule has 25 heavy (non-hydrogen) atoms. The summed E-state index contributed by atoms with van der Waals surface area (Å²) in [6.07, 6.45) is 3.24. The molecule has 1 heterocycles. The van der Waals surface area contributed by atoms with Crippen LogP contribution < -0.4 is 15.2 Å².